The molecule has 7 nitrogen and oxygen atoms in total. The van der Waals surface area contributed by atoms with Gasteiger partial charge < -0.3 is 4.74 Å². The van der Waals surface area contributed by atoms with Crippen molar-refractivity contribution in [3.63, 3.8) is 0 Å². The summed E-state index contributed by atoms with van der Waals surface area (Å²) in [6.07, 6.45) is 1.68. The molecule has 0 N–H and O–H groups in total. The Balaban J connectivity index is 1.85. The summed E-state index contributed by atoms with van der Waals surface area (Å²) in [6, 6.07) is 10.7. The maximum absolute atomic E-state index is 13.3. The highest BCUT2D eigenvalue weighted by molar-refractivity contribution is 7.13. The number of aromatic nitrogens is 4. The first-order valence-electron chi connectivity index (χ1n) is 9.50. The van der Waals surface area contributed by atoms with Crippen LogP contribution in [0.1, 0.15) is 31.1 Å². The molecular formula is C22H22N4O3S. The Morgan fingerprint density at radius 3 is 2.50 bits per heavy atom. The number of nitrogens with zero attached hydrogens (tertiary/aromatic N) is 4. The van der Waals surface area contributed by atoms with E-state index in [0.29, 0.717) is 27.9 Å². The molecule has 8 heteroatoms. The van der Waals surface area contributed by atoms with Gasteiger partial charge in [0.25, 0.3) is 5.56 Å². The minimum Gasteiger partial charge on any atom is -0.497 e. The molecule has 0 unspecified atom stereocenters. The van der Waals surface area contributed by atoms with Gasteiger partial charge in [0.15, 0.2) is 5.78 Å². The van der Waals surface area contributed by atoms with Gasteiger partial charge >= 0.3 is 0 Å². The van der Waals surface area contributed by atoms with Gasteiger partial charge in [0.05, 0.1) is 29.1 Å². The summed E-state index contributed by atoms with van der Waals surface area (Å²) in [5.74, 6) is 0.461. The zero-order valence-electron chi connectivity index (χ0n) is 17.2. The summed E-state index contributed by atoms with van der Waals surface area (Å²) < 4.78 is 8.09. The molecule has 0 saturated heterocycles. The number of carbonyl (C=O) groups is 1. The van der Waals surface area contributed by atoms with E-state index in [4.69, 9.17) is 4.74 Å². The zero-order valence-corrected chi connectivity index (χ0v) is 18.1. The van der Waals surface area contributed by atoms with Crippen LogP contribution in [0.4, 0.5) is 0 Å². The van der Waals surface area contributed by atoms with Crippen LogP contribution in [-0.4, -0.2) is 32.5 Å². The van der Waals surface area contributed by atoms with Gasteiger partial charge in [-0.15, -0.1) is 11.3 Å². The fourth-order valence-corrected chi connectivity index (χ4v) is 4.01. The van der Waals surface area contributed by atoms with Gasteiger partial charge in [0, 0.05) is 5.56 Å². The van der Waals surface area contributed by atoms with E-state index in [1.54, 1.807) is 42.3 Å². The van der Waals surface area contributed by atoms with Gasteiger partial charge in [-0.1, -0.05) is 6.07 Å². The SMILES string of the molecule is COc1ccc(C(=O)Cn2nc(-c3cccs3)c3cnn(C(C)(C)C)c3c2=O)cc1. The molecule has 0 bridgehead atoms. The maximum atomic E-state index is 13.3. The Morgan fingerprint density at radius 2 is 1.90 bits per heavy atom. The van der Waals surface area contributed by atoms with Crippen molar-refractivity contribution in [3.8, 4) is 16.3 Å². The van der Waals surface area contributed by atoms with Crippen LogP contribution < -0.4 is 10.3 Å². The minimum atomic E-state index is -0.396. The summed E-state index contributed by atoms with van der Waals surface area (Å²) in [4.78, 5) is 27.1. The predicted octanol–water partition coefficient (Wildman–Crippen LogP) is 3.97. The molecule has 0 aliphatic rings. The molecule has 0 atom stereocenters. The highest BCUT2D eigenvalue weighted by Gasteiger charge is 2.24. The second-order valence-electron chi connectivity index (χ2n) is 7.93. The third-order valence-electron chi connectivity index (χ3n) is 4.78. The van der Waals surface area contributed by atoms with Gasteiger partial charge in [0.2, 0.25) is 0 Å². The third-order valence-corrected chi connectivity index (χ3v) is 5.65. The Hall–Kier alpha value is -3.26. The van der Waals surface area contributed by atoms with Crippen molar-refractivity contribution in [2.24, 2.45) is 0 Å². The lowest BCUT2D eigenvalue weighted by atomic mass is 10.1. The molecule has 3 aromatic heterocycles. The standard InChI is InChI=1S/C22H22N4O3S/c1-22(2,3)26-20-16(12-23-26)19(18-6-5-11-30-18)24-25(21(20)28)13-17(27)14-7-9-15(29-4)10-8-14/h5-12H,13H2,1-4H3. The van der Waals surface area contributed by atoms with Crippen molar-refractivity contribution in [2.45, 2.75) is 32.9 Å². The first-order valence-corrected chi connectivity index (χ1v) is 10.4. The molecule has 4 aromatic rings. The van der Waals surface area contributed by atoms with Gasteiger partial charge in [0.1, 0.15) is 23.5 Å². The Bertz CT molecular complexity index is 1260. The number of thiophene rings is 1. The normalized spacial score (nSPS) is 11.7. The fraction of sp³-hybridized carbons (Fsp3) is 0.273. The number of fused-ring (bicyclic) bond motifs is 1. The van der Waals surface area contributed by atoms with E-state index in [2.05, 4.69) is 10.2 Å². The van der Waals surface area contributed by atoms with Crippen molar-refractivity contribution in [3.05, 3.63) is 63.9 Å². The molecule has 0 spiro atoms. The molecule has 0 radical (unpaired) electrons. The van der Waals surface area contributed by atoms with Crippen LogP contribution in [0.15, 0.2) is 52.8 Å². The van der Waals surface area contributed by atoms with Crippen molar-refractivity contribution >= 4 is 28.0 Å². The summed E-state index contributed by atoms with van der Waals surface area (Å²) in [5.41, 5.74) is 0.861. The smallest absolute Gasteiger partial charge is 0.293 e. The number of Topliss-reactive ketones (excluding diaryl/α,β-unsaturated/α-hetero) is 1. The predicted molar refractivity (Wildman–Crippen MR) is 117 cm³/mol. The van der Waals surface area contributed by atoms with E-state index in [1.807, 2.05) is 38.3 Å². The molecule has 0 aliphatic carbocycles. The van der Waals surface area contributed by atoms with Crippen LogP contribution in [0.5, 0.6) is 5.75 Å². The summed E-state index contributed by atoms with van der Waals surface area (Å²) in [5, 5.41) is 11.7. The lowest BCUT2D eigenvalue weighted by Crippen LogP contribution is -2.32. The summed E-state index contributed by atoms with van der Waals surface area (Å²) in [6.45, 7) is 5.79. The number of hydrogen-bond donors (Lipinski definition) is 0. The number of ketones is 1. The number of methoxy groups -OCH3 is 1. The molecule has 4 rings (SSSR count). The Kier molecular flexibility index (Phi) is 5.03. The highest BCUT2D eigenvalue weighted by atomic mass is 32.1. The average Bonchev–Trinajstić information content (AvgIpc) is 3.40. The first-order chi connectivity index (χ1) is 14.3. The molecule has 0 saturated carbocycles. The quantitative estimate of drug-likeness (QED) is 0.455. The monoisotopic (exact) mass is 422 g/mol. The first kappa shape index (κ1) is 20.0. The van der Waals surface area contributed by atoms with E-state index >= 15 is 0 Å². The van der Waals surface area contributed by atoms with Crippen LogP contribution in [-0.2, 0) is 12.1 Å². The third kappa shape index (κ3) is 3.54. The largest absolute Gasteiger partial charge is 0.497 e. The second kappa shape index (κ2) is 7.53. The number of hydrogen-bond acceptors (Lipinski definition) is 6. The number of rotatable bonds is 5. The van der Waals surface area contributed by atoms with Crippen LogP contribution >= 0.6 is 11.3 Å². The molecule has 0 fully saturated rings. The van der Waals surface area contributed by atoms with Gasteiger partial charge in [-0.2, -0.15) is 10.2 Å². The Labute approximate surface area is 177 Å². The Morgan fingerprint density at radius 1 is 1.17 bits per heavy atom. The molecular weight excluding hydrogens is 400 g/mol. The molecule has 0 aliphatic heterocycles. The van der Waals surface area contributed by atoms with E-state index in [9.17, 15) is 9.59 Å². The molecule has 0 amide bonds. The maximum Gasteiger partial charge on any atom is 0.293 e. The highest BCUT2D eigenvalue weighted by Crippen LogP contribution is 2.30. The molecule has 30 heavy (non-hydrogen) atoms. The summed E-state index contributed by atoms with van der Waals surface area (Å²) >= 11 is 1.53. The van der Waals surface area contributed by atoms with Crippen LogP contribution in [0.25, 0.3) is 21.5 Å². The van der Waals surface area contributed by atoms with Crippen LogP contribution in [0, 0.1) is 0 Å². The zero-order chi connectivity index (χ0) is 21.5. The molecule has 1 aromatic carbocycles. The van der Waals surface area contributed by atoms with Crippen molar-refractivity contribution in [2.75, 3.05) is 7.11 Å². The van der Waals surface area contributed by atoms with Gasteiger partial charge in [-0.05, 0) is 56.5 Å². The van der Waals surface area contributed by atoms with Crippen molar-refractivity contribution in [1.29, 1.82) is 0 Å². The van der Waals surface area contributed by atoms with Gasteiger partial charge in [-0.25, -0.2) is 4.68 Å². The van der Waals surface area contributed by atoms with Crippen molar-refractivity contribution in [1.82, 2.24) is 19.6 Å². The van der Waals surface area contributed by atoms with E-state index in [0.717, 1.165) is 4.88 Å². The molecule has 154 valence electrons. The van der Waals surface area contributed by atoms with E-state index < -0.39 is 5.54 Å². The number of carbonyl (C=O) groups excluding carboxylic acids is 1. The van der Waals surface area contributed by atoms with Crippen molar-refractivity contribution < 1.29 is 9.53 Å². The topological polar surface area (TPSA) is 79.0 Å². The number of benzene rings is 1. The summed E-state index contributed by atoms with van der Waals surface area (Å²) in [7, 11) is 1.57. The molecule has 3 heterocycles. The van der Waals surface area contributed by atoms with E-state index in [1.165, 1.54) is 16.0 Å². The number of ether oxygens (including phenoxy) is 1. The fourth-order valence-electron chi connectivity index (χ4n) is 3.29. The average molecular weight is 423 g/mol. The lowest BCUT2D eigenvalue weighted by molar-refractivity contribution is 0.0966. The van der Waals surface area contributed by atoms with Crippen LogP contribution in [0.2, 0.25) is 0 Å². The lowest BCUT2D eigenvalue weighted by Gasteiger charge is -2.20. The minimum absolute atomic E-state index is 0.158. The second-order valence-corrected chi connectivity index (χ2v) is 8.88. The van der Waals surface area contributed by atoms with Gasteiger partial charge in [-0.3, -0.25) is 14.3 Å². The van der Waals surface area contributed by atoms with Crippen LogP contribution in [0.3, 0.4) is 0 Å². The van der Waals surface area contributed by atoms with E-state index in [-0.39, 0.29) is 17.9 Å².